The number of amides is 1. The van der Waals surface area contributed by atoms with Crippen molar-refractivity contribution in [3.8, 4) is 0 Å². The first-order valence-corrected chi connectivity index (χ1v) is 11.9. The van der Waals surface area contributed by atoms with E-state index >= 15 is 0 Å². The highest BCUT2D eigenvalue weighted by atomic mass is 79.9. The van der Waals surface area contributed by atoms with E-state index in [2.05, 4.69) is 67.8 Å². The van der Waals surface area contributed by atoms with Gasteiger partial charge in [0, 0.05) is 15.8 Å². The van der Waals surface area contributed by atoms with E-state index in [4.69, 9.17) is 0 Å². The molecule has 3 aromatic rings. The largest absolute Gasteiger partial charge is 0.272 e. The molecule has 0 aliphatic heterocycles. The number of hydrogen-bond donors (Lipinski definition) is 1. The summed E-state index contributed by atoms with van der Waals surface area (Å²) < 4.78 is 2.60. The molecule has 9 heteroatoms. The molecule has 1 amide bonds. The summed E-state index contributed by atoms with van der Waals surface area (Å²) in [5.41, 5.74) is 5.93. The predicted octanol–water partition coefficient (Wildman–Crippen LogP) is 5.14. The van der Waals surface area contributed by atoms with E-state index in [0.717, 1.165) is 24.5 Å². The summed E-state index contributed by atoms with van der Waals surface area (Å²) in [4.78, 5) is 11.9. The third-order valence-corrected chi connectivity index (χ3v) is 7.48. The summed E-state index contributed by atoms with van der Waals surface area (Å²) in [5.74, 6) is 0.909. The number of nitrogens with zero attached hydrogens (tertiary/aromatic N) is 3. The monoisotopic (exact) mass is 492 g/mol. The standard InChI is InChI=1S/C19H17BrN4OS3/c1-13-6-8-14(9-7-13)11-26-18-23-24-19(28-18)27-12-17(25)22-21-10-15-4-2-3-5-16(15)20/h2-10H,11-12H2,1H3,(H,22,25)/b21-10-. The molecule has 0 saturated heterocycles. The van der Waals surface area contributed by atoms with Crippen molar-refractivity contribution in [2.45, 2.75) is 21.4 Å². The molecular weight excluding hydrogens is 476 g/mol. The second-order valence-corrected chi connectivity index (χ2v) is 9.99. The fourth-order valence-corrected chi connectivity index (χ4v) is 5.21. The number of hydrazone groups is 1. The van der Waals surface area contributed by atoms with Crippen molar-refractivity contribution >= 4 is 62.9 Å². The minimum atomic E-state index is -0.183. The van der Waals surface area contributed by atoms with Gasteiger partial charge in [-0.2, -0.15) is 5.10 Å². The lowest BCUT2D eigenvalue weighted by atomic mass is 10.2. The number of nitrogens with one attached hydrogen (secondary N) is 1. The molecule has 0 aliphatic rings. The number of carbonyl (C=O) groups excluding carboxylic acids is 1. The van der Waals surface area contributed by atoms with Gasteiger partial charge in [0.15, 0.2) is 8.68 Å². The van der Waals surface area contributed by atoms with Crippen molar-refractivity contribution in [3.63, 3.8) is 0 Å². The Hall–Kier alpha value is -1.68. The van der Waals surface area contributed by atoms with E-state index in [9.17, 15) is 4.79 Å². The normalized spacial score (nSPS) is 11.1. The molecule has 0 saturated carbocycles. The average Bonchev–Trinajstić information content (AvgIpc) is 3.15. The van der Waals surface area contributed by atoms with Crippen LogP contribution in [0.15, 0.2) is 66.8 Å². The van der Waals surface area contributed by atoms with Gasteiger partial charge in [-0.1, -0.05) is 98.8 Å². The molecule has 0 fully saturated rings. The molecule has 0 spiro atoms. The van der Waals surface area contributed by atoms with E-state index in [1.807, 2.05) is 24.3 Å². The van der Waals surface area contributed by atoms with Crippen molar-refractivity contribution in [2.24, 2.45) is 5.10 Å². The molecule has 0 radical (unpaired) electrons. The quantitative estimate of drug-likeness (QED) is 0.267. The van der Waals surface area contributed by atoms with Crippen molar-refractivity contribution in [3.05, 3.63) is 69.7 Å². The van der Waals surface area contributed by atoms with Crippen LogP contribution in [0.1, 0.15) is 16.7 Å². The lowest BCUT2D eigenvalue weighted by Crippen LogP contribution is -2.19. The van der Waals surface area contributed by atoms with Gasteiger partial charge in [-0.25, -0.2) is 5.43 Å². The van der Waals surface area contributed by atoms with E-state index in [-0.39, 0.29) is 11.7 Å². The molecule has 1 heterocycles. The Bertz CT molecular complexity index is 960. The molecule has 1 N–H and O–H groups in total. The highest BCUT2D eigenvalue weighted by molar-refractivity contribution is 9.10. The first kappa shape index (κ1) is 21.0. The minimum Gasteiger partial charge on any atom is -0.272 e. The maximum atomic E-state index is 11.9. The zero-order valence-electron chi connectivity index (χ0n) is 15.0. The van der Waals surface area contributed by atoms with Crippen LogP contribution >= 0.6 is 50.8 Å². The van der Waals surface area contributed by atoms with Gasteiger partial charge in [-0.3, -0.25) is 4.79 Å². The molecule has 0 atom stereocenters. The van der Waals surface area contributed by atoms with Crippen molar-refractivity contribution in [2.75, 3.05) is 5.75 Å². The smallest absolute Gasteiger partial charge is 0.250 e. The Morgan fingerprint density at radius 3 is 2.61 bits per heavy atom. The summed E-state index contributed by atoms with van der Waals surface area (Å²) in [6, 6.07) is 16.1. The van der Waals surface area contributed by atoms with Gasteiger partial charge >= 0.3 is 0 Å². The number of aryl methyl sites for hydroxylation is 1. The first-order chi connectivity index (χ1) is 13.6. The highest BCUT2D eigenvalue weighted by Crippen LogP contribution is 2.30. The number of thioether (sulfide) groups is 2. The lowest BCUT2D eigenvalue weighted by molar-refractivity contribution is -0.118. The van der Waals surface area contributed by atoms with E-state index in [1.54, 1.807) is 18.0 Å². The van der Waals surface area contributed by atoms with Gasteiger partial charge in [0.2, 0.25) is 0 Å². The predicted molar refractivity (Wildman–Crippen MR) is 121 cm³/mol. The topological polar surface area (TPSA) is 67.2 Å². The van der Waals surface area contributed by atoms with E-state index in [0.29, 0.717) is 0 Å². The molecule has 1 aromatic heterocycles. The van der Waals surface area contributed by atoms with Crippen LogP contribution in [-0.4, -0.2) is 28.1 Å². The maximum absolute atomic E-state index is 11.9. The first-order valence-electron chi connectivity index (χ1n) is 8.31. The molecule has 2 aromatic carbocycles. The van der Waals surface area contributed by atoms with Crippen LogP contribution in [0.2, 0.25) is 0 Å². The number of benzene rings is 2. The Balaban J connectivity index is 1.41. The fraction of sp³-hybridized carbons (Fsp3) is 0.158. The third-order valence-electron chi connectivity index (χ3n) is 3.50. The van der Waals surface area contributed by atoms with Crippen molar-refractivity contribution in [1.29, 1.82) is 0 Å². The summed E-state index contributed by atoms with van der Waals surface area (Å²) >= 11 is 7.94. The summed E-state index contributed by atoms with van der Waals surface area (Å²) in [7, 11) is 0. The summed E-state index contributed by atoms with van der Waals surface area (Å²) in [6.07, 6.45) is 1.61. The van der Waals surface area contributed by atoms with Crippen LogP contribution in [-0.2, 0) is 10.5 Å². The van der Waals surface area contributed by atoms with Gasteiger partial charge < -0.3 is 0 Å². The summed E-state index contributed by atoms with van der Waals surface area (Å²) in [6.45, 7) is 2.08. The summed E-state index contributed by atoms with van der Waals surface area (Å²) in [5, 5.41) is 12.3. The molecule has 0 unspecified atom stereocenters. The number of rotatable bonds is 8. The van der Waals surface area contributed by atoms with Crippen molar-refractivity contribution < 1.29 is 4.79 Å². The number of halogens is 1. The Morgan fingerprint density at radius 2 is 1.86 bits per heavy atom. The molecular formula is C19H17BrN4OS3. The Kier molecular flexibility index (Phi) is 8.08. The fourth-order valence-electron chi connectivity index (χ4n) is 2.06. The molecule has 5 nitrogen and oxygen atoms in total. The van der Waals surface area contributed by atoms with Crippen LogP contribution < -0.4 is 5.43 Å². The van der Waals surface area contributed by atoms with Crippen molar-refractivity contribution in [1.82, 2.24) is 15.6 Å². The van der Waals surface area contributed by atoms with Gasteiger partial charge in [0.25, 0.3) is 5.91 Å². The van der Waals surface area contributed by atoms with Gasteiger partial charge in [0.05, 0.1) is 12.0 Å². The van der Waals surface area contributed by atoms with Gasteiger partial charge in [-0.15, -0.1) is 10.2 Å². The van der Waals surface area contributed by atoms with Crippen LogP contribution in [0.25, 0.3) is 0 Å². The SMILES string of the molecule is Cc1ccc(CSc2nnc(SCC(=O)N/N=C\c3ccccc3Br)s2)cc1. The van der Waals surface area contributed by atoms with E-state index < -0.39 is 0 Å². The Labute approximate surface area is 184 Å². The van der Waals surface area contributed by atoms with Crippen LogP contribution in [0.5, 0.6) is 0 Å². The molecule has 0 bridgehead atoms. The second-order valence-electron chi connectivity index (χ2n) is 5.71. The number of aromatic nitrogens is 2. The second kappa shape index (κ2) is 10.8. The third kappa shape index (κ3) is 6.73. The van der Waals surface area contributed by atoms with Gasteiger partial charge in [-0.05, 0) is 18.6 Å². The molecule has 3 rings (SSSR count). The lowest BCUT2D eigenvalue weighted by Gasteiger charge is -1.99. The number of hydrogen-bond acceptors (Lipinski definition) is 7. The van der Waals surface area contributed by atoms with Gasteiger partial charge in [0.1, 0.15) is 0 Å². The zero-order chi connectivity index (χ0) is 19.8. The number of carbonyl (C=O) groups is 1. The highest BCUT2D eigenvalue weighted by Gasteiger charge is 2.08. The van der Waals surface area contributed by atoms with Crippen LogP contribution in [0.3, 0.4) is 0 Å². The van der Waals surface area contributed by atoms with E-state index in [1.165, 1.54) is 34.2 Å². The van der Waals surface area contributed by atoms with Crippen LogP contribution in [0.4, 0.5) is 0 Å². The Morgan fingerprint density at radius 1 is 1.14 bits per heavy atom. The average molecular weight is 493 g/mol. The van der Waals surface area contributed by atoms with Crippen LogP contribution in [0, 0.1) is 6.92 Å². The molecule has 0 aliphatic carbocycles. The maximum Gasteiger partial charge on any atom is 0.250 e. The zero-order valence-corrected chi connectivity index (χ0v) is 19.0. The molecule has 144 valence electrons. The minimum absolute atomic E-state index is 0.183. The molecule has 28 heavy (non-hydrogen) atoms.